The Bertz CT molecular complexity index is 447. The number of nitrogen functional groups attached to an aromatic ring is 1. The highest BCUT2D eigenvalue weighted by Crippen LogP contribution is 2.30. The fourth-order valence-electron chi connectivity index (χ4n) is 2.02. The Morgan fingerprint density at radius 3 is 2.61 bits per heavy atom. The number of primary amides is 1. The molecule has 1 aromatic rings. The van der Waals surface area contributed by atoms with Crippen molar-refractivity contribution in [3.63, 3.8) is 0 Å². The average molecular weight is 362 g/mol. The second-order valence-corrected chi connectivity index (χ2v) is 6.23. The van der Waals surface area contributed by atoms with Crippen LogP contribution in [0.1, 0.15) is 38.7 Å². The summed E-state index contributed by atoms with van der Waals surface area (Å²) in [6, 6.07) is 5.96. The third kappa shape index (κ3) is 4.36. The number of rotatable bonds is 4. The van der Waals surface area contributed by atoms with Gasteiger partial charge in [-0.1, -0.05) is 13.0 Å². The largest absolute Gasteiger partial charge is 0.444 e. The number of ether oxygens (including phenoxy) is 1. The van der Waals surface area contributed by atoms with Gasteiger partial charge < -0.3 is 16.2 Å². The molecular weight excluding hydrogens is 343 g/mol. The zero-order valence-electron chi connectivity index (χ0n) is 10.9. The standard InChI is InChI=1S/C13H19IN2O2/c1-8(7-13(2,3)18-12(16)17)9-4-5-11(15)10(14)6-9/h4-6,8H,7,15H2,1-3H3,(H2,16,17). The molecule has 1 atom stereocenters. The summed E-state index contributed by atoms with van der Waals surface area (Å²) in [5.41, 5.74) is 12.2. The van der Waals surface area contributed by atoms with Crippen LogP contribution in [0, 0.1) is 3.57 Å². The first-order chi connectivity index (χ1) is 8.21. The maximum Gasteiger partial charge on any atom is 0.405 e. The van der Waals surface area contributed by atoms with Crippen LogP contribution in [0.4, 0.5) is 10.5 Å². The fourth-order valence-corrected chi connectivity index (χ4v) is 2.56. The van der Waals surface area contributed by atoms with Crippen molar-refractivity contribution >= 4 is 34.4 Å². The Morgan fingerprint density at radius 1 is 1.50 bits per heavy atom. The molecule has 1 aromatic carbocycles. The monoisotopic (exact) mass is 362 g/mol. The van der Waals surface area contributed by atoms with Gasteiger partial charge in [-0.15, -0.1) is 0 Å². The van der Waals surface area contributed by atoms with E-state index in [1.54, 1.807) is 0 Å². The van der Waals surface area contributed by atoms with E-state index in [-0.39, 0.29) is 5.92 Å². The van der Waals surface area contributed by atoms with Gasteiger partial charge in [0.2, 0.25) is 0 Å². The van der Waals surface area contributed by atoms with Gasteiger partial charge in [0, 0.05) is 9.26 Å². The fraction of sp³-hybridized carbons (Fsp3) is 0.462. The van der Waals surface area contributed by atoms with Gasteiger partial charge in [-0.05, 0) is 66.5 Å². The van der Waals surface area contributed by atoms with Crippen molar-refractivity contribution in [2.24, 2.45) is 5.73 Å². The van der Waals surface area contributed by atoms with Gasteiger partial charge in [0.05, 0.1) is 0 Å². The van der Waals surface area contributed by atoms with Crippen LogP contribution in [0.3, 0.4) is 0 Å². The second-order valence-electron chi connectivity index (χ2n) is 5.07. The SMILES string of the molecule is CC(CC(C)(C)OC(N)=O)c1ccc(N)c(I)c1. The quantitative estimate of drug-likeness (QED) is 0.638. The summed E-state index contributed by atoms with van der Waals surface area (Å²) in [5.74, 6) is 0.258. The molecule has 0 radical (unpaired) electrons. The van der Waals surface area contributed by atoms with Gasteiger partial charge >= 0.3 is 6.09 Å². The first-order valence-corrected chi connectivity index (χ1v) is 6.82. The lowest BCUT2D eigenvalue weighted by molar-refractivity contribution is 0.0349. The number of hydrogen-bond donors (Lipinski definition) is 2. The summed E-state index contributed by atoms with van der Waals surface area (Å²) in [6.45, 7) is 5.81. The highest BCUT2D eigenvalue weighted by Gasteiger charge is 2.25. The van der Waals surface area contributed by atoms with E-state index in [9.17, 15) is 4.79 Å². The van der Waals surface area contributed by atoms with Crippen molar-refractivity contribution in [2.75, 3.05) is 5.73 Å². The summed E-state index contributed by atoms with van der Waals surface area (Å²) in [6.07, 6.45) is -0.0327. The molecule has 1 unspecified atom stereocenters. The number of carbonyl (C=O) groups excluding carboxylic acids is 1. The molecule has 0 aliphatic carbocycles. The summed E-state index contributed by atoms with van der Waals surface area (Å²) in [5, 5.41) is 0. The molecule has 0 heterocycles. The van der Waals surface area contributed by atoms with E-state index in [2.05, 4.69) is 35.6 Å². The maximum atomic E-state index is 10.8. The van der Waals surface area contributed by atoms with Gasteiger partial charge in [0.15, 0.2) is 0 Å². The Hall–Kier alpha value is -0.980. The molecule has 0 saturated heterocycles. The van der Waals surface area contributed by atoms with Crippen molar-refractivity contribution in [2.45, 2.75) is 38.7 Å². The van der Waals surface area contributed by atoms with Crippen LogP contribution in [0.2, 0.25) is 0 Å². The van der Waals surface area contributed by atoms with Crippen molar-refractivity contribution in [1.29, 1.82) is 0 Å². The lowest BCUT2D eigenvalue weighted by atomic mass is 9.89. The van der Waals surface area contributed by atoms with E-state index >= 15 is 0 Å². The van der Waals surface area contributed by atoms with Crippen molar-refractivity contribution in [1.82, 2.24) is 0 Å². The Kier molecular flexibility index (Phi) is 4.84. The van der Waals surface area contributed by atoms with Gasteiger partial charge in [-0.2, -0.15) is 0 Å². The lowest BCUT2D eigenvalue weighted by Crippen LogP contribution is -2.32. The molecule has 18 heavy (non-hydrogen) atoms. The minimum absolute atomic E-state index is 0.258. The smallest absolute Gasteiger partial charge is 0.405 e. The molecule has 0 bridgehead atoms. The molecule has 0 aliphatic heterocycles. The van der Waals surface area contributed by atoms with Crippen molar-refractivity contribution in [3.8, 4) is 0 Å². The summed E-state index contributed by atoms with van der Waals surface area (Å²) >= 11 is 2.21. The van der Waals surface area contributed by atoms with Gasteiger partial charge in [0.25, 0.3) is 0 Å². The van der Waals surface area contributed by atoms with Gasteiger partial charge in [-0.25, -0.2) is 4.79 Å². The van der Waals surface area contributed by atoms with Crippen molar-refractivity contribution < 1.29 is 9.53 Å². The van der Waals surface area contributed by atoms with Crippen LogP contribution in [0.5, 0.6) is 0 Å². The van der Waals surface area contributed by atoms with Crippen LogP contribution in [-0.2, 0) is 4.74 Å². The number of anilines is 1. The molecule has 0 aromatic heterocycles. The molecule has 4 N–H and O–H groups in total. The Morgan fingerprint density at radius 2 is 2.11 bits per heavy atom. The molecule has 0 spiro atoms. The average Bonchev–Trinajstić information content (AvgIpc) is 2.19. The maximum absolute atomic E-state index is 10.8. The minimum Gasteiger partial charge on any atom is -0.444 e. The zero-order chi connectivity index (χ0) is 13.9. The molecule has 100 valence electrons. The number of nitrogens with two attached hydrogens (primary N) is 2. The molecule has 1 amide bonds. The topological polar surface area (TPSA) is 78.3 Å². The predicted octanol–water partition coefficient (Wildman–Crippen LogP) is 3.24. The van der Waals surface area contributed by atoms with Gasteiger partial charge in [-0.3, -0.25) is 0 Å². The van der Waals surface area contributed by atoms with E-state index in [0.717, 1.165) is 9.26 Å². The lowest BCUT2D eigenvalue weighted by Gasteiger charge is -2.27. The number of halogens is 1. The zero-order valence-corrected chi connectivity index (χ0v) is 13.0. The highest BCUT2D eigenvalue weighted by atomic mass is 127. The van der Waals surface area contributed by atoms with E-state index in [0.29, 0.717) is 6.42 Å². The number of carbonyl (C=O) groups is 1. The molecule has 0 aliphatic rings. The third-order valence-corrected chi connectivity index (χ3v) is 3.70. The van der Waals surface area contributed by atoms with E-state index in [1.165, 1.54) is 5.56 Å². The number of amides is 1. The number of benzene rings is 1. The normalized spacial score (nSPS) is 13.1. The molecule has 4 nitrogen and oxygen atoms in total. The molecule has 1 rings (SSSR count). The van der Waals surface area contributed by atoms with Crippen LogP contribution < -0.4 is 11.5 Å². The molecule has 0 saturated carbocycles. The van der Waals surface area contributed by atoms with E-state index in [1.807, 2.05) is 26.0 Å². The molecule has 0 fully saturated rings. The number of hydrogen-bond acceptors (Lipinski definition) is 3. The van der Waals surface area contributed by atoms with Crippen LogP contribution in [-0.4, -0.2) is 11.7 Å². The van der Waals surface area contributed by atoms with Crippen molar-refractivity contribution in [3.05, 3.63) is 27.3 Å². The van der Waals surface area contributed by atoms with Crippen LogP contribution in [0.25, 0.3) is 0 Å². The summed E-state index contributed by atoms with van der Waals surface area (Å²) in [7, 11) is 0. The second kappa shape index (κ2) is 5.77. The first kappa shape index (κ1) is 15.1. The minimum atomic E-state index is -0.737. The summed E-state index contributed by atoms with van der Waals surface area (Å²) < 4.78 is 6.13. The Balaban J connectivity index is 2.78. The molecular formula is C13H19IN2O2. The van der Waals surface area contributed by atoms with E-state index in [4.69, 9.17) is 16.2 Å². The first-order valence-electron chi connectivity index (χ1n) is 5.74. The van der Waals surface area contributed by atoms with E-state index < -0.39 is 11.7 Å². The van der Waals surface area contributed by atoms with Crippen LogP contribution >= 0.6 is 22.6 Å². The van der Waals surface area contributed by atoms with Gasteiger partial charge in [0.1, 0.15) is 5.60 Å². The molecule has 5 heteroatoms. The Labute approximate surface area is 121 Å². The summed E-state index contributed by atoms with van der Waals surface area (Å²) in [4.78, 5) is 10.8. The predicted molar refractivity (Wildman–Crippen MR) is 81.4 cm³/mol. The third-order valence-electron chi connectivity index (χ3n) is 2.77. The van der Waals surface area contributed by atoms with Crippen LogP contribution in [0.15, 0.2) is 18.2 Å². The highest BCUT2D eigenvalue weighted by molar-refractivity contribution is 14.1.